The summed E-state index contributed by atoms with van der Waals surface area (Å²) in [7, 11) is -1.83. The highest BCUT2D eigenvalue weighted by Crippen LogP contribution is 2.28. The van der Waals surface area contributed by atoms with E-state index in [1.807, 2.05) is 12.1 Å². The average Bonchev–Trinajstić information content (AvgIpc) is 2.46. The van der Waals surface area contributed by atoms with Gasteiger partial charge in [-0.15, -0.1) is 12.3 Å². The van der Waals surface area contributed by atoms with Crippen LogP contribution in [0.15, 0.2) is 18.2 Å². The van der Waals surface area contributed by atoms with Crippen LogP contribution in [-0.2, 0) is 0 Å². The van der Waals surface area contributed by atoms with Crippen molar-refractivity contribution in [3.05, 3.63) is 23.8 Å². The number of unbranched alkanes of at least 4 members (excludes halogenated alkanes) is 2. The van der Waals surface area contributed by atoms with Crippen molar-refractivity contribution in [3.63, 3.8) is 0 Å². The minimum absolute atomic E-state index is 0.551. The van der Waals surface area contributed by atoms with E-state index in [0.717, 1.165) is 31.6 Å². The van der Waals surface area contributed by atoms with Gasteiger partial charge < -0.3 is 9.16 Å². The standard InChI is InChI=1S/C19H28O3Si/c1-6-7-8-9-12-21-18-10-11-19(17(13-18)14-20)22-23(4,5)15-16(2)3/h1,10-11,13-14,16H,7-9,12,15H2,2-5H3. The third-order valence-electron chi connectivity index (χ3n) is 3.38. The molecular formula is C19H28O3Si. The second-order valence-electron chi connectivity index (χ2n) is 6.79. The molecule has 0 amide bonds. The number of hydrogen-bond donors (Lipinski definition) is 0. The van der Waals surface area contributed by atoms with E-state index in [1.165, 1.54) is 0 Å². The summed E-state index contributed by atoms with van der Waals surface area (Å²) < 4.78 is 11.9. The summed E-state index contributed by atoms with van der Waals surface area (Å²) in [4.78, 5) is 11.4. The van der Waals surface area contributed by atoms with Crippen LogP contribution < -0.4 is 9.16 Å². The van der Waals surface area contributed by atoms with Gasteiger partial charge in [-0.3, -0.25) is 4.79 Å². The Kier molecular flexibility index (Phi) is 7.91. The Morgan fingerprint density at radius 2 is 2.04 bits per heavy atom. The molecule has 1 rings (SSSR count). The van der Waals surface area contributed by atoms with Crippen LogP contribution in [0.3, 0.4) is 0 Å². The van der Waals surface area contributed by atoms with Gasteiger partial charge in [-0.1, -0.05) is 13.8 Å². The predicted octanol–water partition coefficient (Wildman–Crippen LogP) is 4.92. The molecule has 0 unspecified atom stereocenters. The molecule has 0 saturated carbocycles. The maximum absolute atomic E-state index is 11.4. The summed E-state index contributed by atoms with van der Waals surface area (Å²) in [5, 5.41) is 0. The van der Waals surface area contributed by atoms with Crippen molar-refractivity contribution >= 4 is 14.6 Å². The molecule has 0 aliphatic carbocycles. The number of rotatable bonds is 10. The largest absolute Gasteiger partial charge is 0.544 e. The molecule has 1 aromatic rings. The minimum Gasteiger partial charge on any atom is -0.544 e. The van der Waals surface area contributed by atoms with Crippen LogP contribution in [0.25, 0.3) is 0 Å². The van der Waals surface area contributed by atoms with Gasteiger partial charge in [-0.05, 0) is 56.1 Å². The van der Waals surface area contributed by atoms with Crippen LogP contribution in [0.1, 0.15) is 43.5 Å². The summed E-state index contributed by atoms with van der Waals surface area (Å²) in [5.74, 6) is 4.56. The van der Waals surface area contributed by atoms with Crippen LogP contribution in [0, 0.1) is 18.3 Å². The van der Waals surface area contributed by atoms with E-state index in [-0.39, 0.29) is 0 Å². The second kappa shape index (κ2) is 9.42. The lowest BCUT2D eigenvalue weighted by molar-refractivity contribution is 0.112. The van der Waals surface area contributed by atoms with Crippen molar-refractivity contribution in [1.82, 2.24) is 0 Å². The Balaban J connectivity index is 2.69. The van der Waals surface area contributed by atoms with E-state index in [2.05, 4.69) is 32.9 Å². The lowest BCUT2D eigenvalue weighted by Crippen LogP contribution is -2.35. The van der Waals surface area contributed by atoms with Gasteiger partial charge in [-0.25, -0.2) is 0 Å². The van der Waals surface area contributed by atoms with Crippen molar-refractivity contribution in [2.24, 2.45) is 5.92 Å². The van der Waals surface area contributed by atoms with Crippen LogP contribution in [0.2, 0.25) is 19.1 Å². The minimum atomic E-state index is -1.83. The van der Waals surface area contributed by atoms with E-state index >= 15 is 0 Å². The van der Waals surface area contributed by atoms with Crippen LogP contribution in [0.4, 0.5) is 0 Å². The Hall–Kier alpha value is -1.73. The number of hydrogen-bond acceptors (Lipinski definition) is 3. The van der Waals surface area contributed by atoms with Gasteiger partial charge in [0.15, 0.2) is 6.29 Å². The number of carbonyl (C=O) groups excluding carboxylic acids is 1. The summed E-state index contributed by atoms with van der Waals surface area (Å²) >= 11 is 0. The zero-order chi connectivity index (χ0) is 17.3. The SMILES string of the molecule is C#CCCCCOc1ccc(O[Si](C)(C)CC(C)C)c(C=O)c1. The molecule has 0 radical (unpaired) electrons. The maximum Gasteiger partial charge on any atom is 0.245 e. The van der Waals surface area contributed by atoms with Crippen molar-refractivity contribution in [1.29, 1.82) is 0 Å². The Morgan fingerprint density at radius 3 is 2.65 bits per heavy atom. The highest BCUT2D eigenvalue weighted by Gasteiger charge is 2.26. The second-order valence-corrected chi connectivity index (χ2v) is 10.9. The molecule has 4 heteroatoms. The number of terminal acetylenes is 1. The van der Waals surface area contributed by atoms with Gasteiger partial charge in [0.1, 0.15) is 11.5 Å². The number of benzene rings is 1. The first-order valence-electron chi connectivity index (χ1n) is 8.22. The van der Waals surface area contributed by atoms with Gasteiger partial charge in [0.05, 0.1) is 12.2 Å². The fourth-order valence-corrected chi connectivity index (χ4v) is 5.47. The maximum atomic E-state index is 11.4. The molecule has 0 aliphatic heterocycles. The zero-order valence-electron chi connectivity index (χ0n) is 14.7. The number of ether oxygens (including phenoxy) is 1. The molecule has 0 atom stereocenters. The molecular weight excluding hydrogens is 304 g/mol. The smallest absolute Gasteiger partial charge is 0.245 e. The molecule has 1 aromatic carbocycles. The third kappa shape index (κ3) is 7.38. The number of carbonyl (C=O) groups is 1. The first-order valence-corrected chi connectivity index (χ1v) is 11.3. The summed E-state index contributed by atoms with van der Waals surface area (Å²) in [6.07, 6.45) is 8.68. The molecule has 0 saturated heterocycles. The Labute approximate surface area is 141 Å². The first kappa shape index (κ1) is 19.3. The molecule has 0 N–H and O–H groups in total. The van der Waals surface area contributed by atoms with Gasteiger partial charge in [0.2, 0.25) is 8.32 Å². The van der Waals surface area contributed by atoms with Crippen LogP contribution >= 0.6 is 0 Å². The molecule has 0 aromatic heterocycles. The van der Waals surface area contributed by atoms with Gasteiger partial charge >= 0.3 is 0 Å². The van der Waals surface area contributed by atoms with Crippen molar-refractivity contribution < 1.29 is 14.0 Å². The lowest BCUT2D eigenvalue weighted by atomic mass is 10.2. The summed E-state index contributed by atoms with van der Waals surface area (Å²) in [6.45, 7) is 9.34. The third-order valence-corrected chi connectivity index (χ3v) is 5.95. The van der Waals surface area contributed by atoms with Gasteiger partial charge in [-0.2, -0.15) is 0 Å². The molecule has 0 heterocycles. The topological polar surface area (TPSA) is 35.5 Å². The van der Waals surface area contributed by atoms with Crippen LogP contribution in [-0.4, -0.2) is 21.2 Å². The molecule has 0 fully saturated rings. The van der Waals surface area contributed by atoms with E-state index in [4.69, 9.17) is 15.6 Å². The molecule has 23 heavy (non-hydrogen) atoms. The molecule has 126 valence electrons. The Bertz CT molecular complexity index is 544. The summed E-state index contributed by atoms with van der Waals surface area (Å²) in [5.41, 5.74) is 0.551. The molecule has 0 aliphatic rings. The van der Waals surface area contributed by atoms with E-state index in [0.29, 0.717) is 29.6 Å². The van der Waals surface area contributed by atoms with Crippen molar-refractivity contribution in [2.75, 3.05) is 6.61 Å². The van der Waals surface area contributed by atoms with Crippen LogP contribution in [0.5, 0.6) is 11.5 Å². The first-order chi connectivity index (χ1) is 10.9. The molecule has 3 nitrogen and oxygen atoms in total. The highest BCUT2D eigenvalue weighted by molar-refractivity contribution is 6.71. The highest BCUT2D eigenvalue weighted by atomic mass is 28.4. The molecule has 0 spiro atoms. The lowest BCUT2D eigenvalue weighted by Gasteiger charge is -2.26. The van der Waals surface area contributed by atoms with E-state index in [9.17, 15) is 4.79 Å². The quantitative estimate of drug-likeness (QED) is 0.264. The predicted molar refractivity (Wildman–Crippen MR) is 97.8 cm³/mol. The average molecular weight is 333 g/mol. The van der Waals surface area contributed by atoms with E-state index in [1.54, 1.807) is 6.07 Å². The van der Waals surface area contributed by atoms with E-state index < -0.39 is 8.32 Å². The molecule has 0 bridgehead atoms. The van der Waals surface area contributed by atoms with Gasteiger partial charge in [0, 0.05) is 6.42 Å². The Morgan fingerprint density at radius 1 is 1.30 bits per heavy atom. The fourth-order valence-electron chi connectivity index (χ4n) is 2.64. The van der Waals surface area contributed by atoms with Crippen molar-refractivity contribution in [2.45, 2.75) is 52.2 Å². The van der Waals surface area contributed by atoms with Crippen molar-refractivity contribution in [3.8, 4) is 23.8 Å². The zero-order valence-corrected chi connectivity index (χ0v) is 15.7. The monoisotopic (exact) mass is 332 g/mol. The van der Waals surface area contributed by atoms with Gasteiger partial charge in [0.25, 0.3) is 0 Å². The summed E-state index contributed by atoms with van der Waals surface area (Å²) in [6, 6.07) is 6.51. The normalized spacial score (nSPS) is 11.1. The number of aldehydes is 1. The fraction of sp³-hybridized carbons (Fsp3) is 0.526.